The molecule has 1 aliphatic heterocycles. The molecule has 0 unspecified atom stereocenters. The lowest BCUT2D eigenvalue weighted by Crippen LogP contribution is -2.61. The van der Waals surface area contributed by atoms with Gasteiger partial charge in [-0.25, -0.2) is 9.78 Å². The van der Waals surface area contributed by atoms with Crippen LogP contribution < -0.4 is 4.90 Å². The monoisotopic (exact) mass is 280 g/mol. The Hall–Kier alpha value is -1.72. The van der Waals surface area contributed by atoms with Crippen molar-refractivity contribution in [2.45, 2.75) is 39.3 Å². The Labute approximate surface area is 120 Å². The number of likely N-dealkylation sites (N-methyl/N-ethyl adjacent to an activating group) is 1. The van der Waals surface area contributed by atoms with Crippen molar-refractivity contribution in [3.05, 3.63) is 11.9 Å². The highest BCUT2D eigenvalue weighted by Gasteiger charge is 2.36. The number of hydrogen-bond donors (Lipinski definition) is 0. The molecule has 1 amide bonds. The standard InChI is InChI=1S/C14H24N4O2/c1-10-7-15-12(16(10)5)17(6)11-8-18(9-11)13(19)20-14(2,3)4/h7,11H,8-9H2,1-6H3. The predicted octanol–water partition coefficient (Wildman–Crippen LogP) is 1.78. The van der Waals surface area contributed by atoms with Gasteiger partial charge in [-0.15, -0.1) is 0 Å². The van der Waals surface area contributed by atoms with E-state index in [0.29, 0.717) is 19.1 Å². The Bertz CT molecular complexity index is 498. The molecule has 0 saturated carbocycles. The molecule has 1 aromatic heterocycles. The first kappa shape index (κ1) is 14.7. The molecule has 0 radical (unpaired) electrons. The normalized spacial score (nSPS) is 16.0. The molecular weight excluding hydrogens is 256 g/mol. The number of imidazole rings is 1. The highest BCUT2D eigenvalue weighted by Crippen LogP contribution is 2.22. The van der Waals surface area contributed by atoms with Gasteiger partial charge in [0.15, 0.2) is 0 Å². The van der Waals surface area contributed by atoms with Crippen LogP contribution in [0.2, 0.25) is 0 Å². The Morgan fingerprint density at radius 3 is 2.50 bits per heavy atom. The van der Waals surface area contributed by atoms with E-state index in [1.807, 2.05) is 48.0 Å². The zero-order chi connectivity index (χ0) is 15.1. The number of likely N-dealkylation sites (tertiary alicyclic amines) is 1. The third-order valence-corrected chi connectivity index (χ3v) is 3.57. The number of rotatable bonds is 2. The Morgan fingerprint density at radius 2 is 2.05 bits per heavy atom. The molecule has 0 atom stereocenters. The van der Waals surface area contributed by atoms with E-state index in [0.717, 1.165) is 11.6 Å². The molecule has 2 heterocycles. The van der Waals surface area contributed by atoms with E-state index in [4.69, 9.17) is 4.74 Å². The van der Waals surface area contributed by atoms with Crippen molar-refractivity contribution in [3.63, 3.8) is 0 Å². The predicted molar refractivity (Wildman–Crippen MR) is 77.9 cm³/mol. The minimum atomic E-state index is -0.440. The molecule has 1 aliphatic rings. The number of anilines is 1. The van der Waals surface area contributed by atoms with Crippen LogP contribution in [0.15, 0.2) is 6.20 Å². The third kappa shape index (κ3) is 2.89. The first-order valence-electron chi connectivity index (χ1n) is 6.88. The van der Waals surface area contributed by atoms with Gasteiger partial charge in [-0.3, -0.25) is 0 Å². The van der Waals surface area contributed by atoms with Crippen molar-refractivity contribution in [3.8, 4) is 0 Å². The van der Waals surface area contributed by atoms with Gasteiger partial charge < -0.3 is 19.1 Å². The quantitative estimate of drug-likeness (QED) is 0.828. The van der Waals surface area contributed by atoms with Crippen molar-refractivity contribution >= 4 is 12.0 Å². The number of carbonyl (C=O) groups excluding carboxylic acids is 1. The number of carbonyl (C=O) groups is 1. The summed E-state index contributed by atoms with van der Waals surface area (Å²) < 4.78 is 7.40. The highest BCUT2D eigenvalue weighted by molar-refractivity contribution is 5.69. The van der Waals surface area contributed by atoms with Crippen LogP contribution >= 0.6 is 0 Å². The van der Waals surface area contributed by atoms with Gasteiger partial charge >= 0.3 is 6.09 Å². The van der Waals surface area contributed by atoms with Gasteiger partial charge in [0.05, 0.1) is 12.2 Å². The minimum Gasteiger partial charge on any atom is -0.444 e. The topological polar surface area (TPSA) is 50.6 Å². The zero-order valence-corrected chi connectivity index (χ0v) is 13.2. The number of hydrogen-bond acceptors (Lipinski definition) is 4. The summed E-state index contributed by atoms with van der Waals surface area (Å²) in [7, 11) is 4.01. The molecule has 0 aliphatic carbocycles. The van der Waals surface area contributed by atoms with Crippen LogP contribution in [-0.4, -0.2) is 52.3 Å². The molecule has 2 rings (SSSR count). The molecule has 6 nitrogen and oxygen atoms in total. The largest absolute Gasteiger partial charge is 0.444 e. The van der Waals surface area contributed by atoms with Crippen LogP contribution in [0.1, 0.15) is 26.5 Å². The number of ether oxygens (including phenoxy) is 1. The van der Waals surface area contributed by atoms with Gasteiger partial charge in [0, 0.05) is 32.9 Å². The molecule has 0 aromatic carbocycles. The van der Waals surface area contributed by atoms with Gasteiger partial charge in [-0.05, 0) is 27.7 Å². The summed E-state index contributed by atoms with van der Waals surface area (Å²) in [5.41, 5.74) is 0.681. The van der Waals surface area contributed by atoms with Crippen molar-refractivity contribution < 1.29 is 9.53 Å². The number of amides is 1. The Kier molecular flexibility index (Phi) is 3.67. The SMILES string of the molecule is Cc1cnc(N(C)C2CN(C(=O)OC(C)(C)C)C2)n1C. The van der Waals surface area contributed by atoms with Gasteiger partial charge in [0.1, 0.15) is 5.60 Å². The van der Waals surface area contributed by atoms with Gasteiger partial charge in [0.25, 0.3) is 0 Å². The molecule has 0 bridgehead atoms. The molecule has 20 heavy (non-hydrogen) atoms. The van der Waals surface area contributed by atoms with E-state index in [-0.39, 0.29) is 6.09 Å². The van der Waals surface area contributed by atoms with E-state index >= 15 is 0 Å². The molecule has 6 heteroatoms. The summed E-state index contributed by atoms with van der Waals surface area (Å²) in [4.78, 5) is 20.1. The lowest BCUT2D eigenvalue weighted by Gasteiger charge is -2.44. The maximum absolute atomic E-state index is 11.9. The lowest BCUT2D eigenvalue weighted by molar-refractivity contribution is 0.00838. The second-order valence-corrected chi connectivity index (χ2v) is 6.41. The smallest absolute Gasteiger partial charge is 0.410 e. The highest BCUT2D eigenvalue weighted by atomic mass is 16.6. The average molecular weight is 280 g/mol. The zero-order valence-electron chi connectivity index (χ0n) is 13.2. The van der Waals surface area contributed by atoms with E-state index in [9.17, 15) is 4.79 Å². The summed E-state index contributed by atoms with van der Waals surface area (Å²) in [6.45, 7) is 9.02. The van der Waals surface area contributed by atoms with Crippen LogP contribution in [0.4, 0.5) is 10.7 Å². The number of aryl methyl sites for hydroxylation is 1. The maximum atomic E-state index is 11.9. The molecular formula is C14H24N4O2. The average Bonchev–Trinajstić information content (AvgIpc) is 2.54. The van der Waals surface area contributed by atoms with Crippen LogP contribution in [0.5, 0.6) is 0 Å². The minimum absolute atomic E-state index is 0.238. The van der Waals surface area contributed by atoms with Gasteiger partial charge in [0.2, 0.25) is 5.95 Å². The number of nitrogens with zero attached hydrogens (tertiary/aromatic N) is 4. The Morgan fingerprint density at radius 1 is 1.45 bits per heavy atom. The molecule has 1 saturated heterocycles. The second-order valence-electron chi connectivity index (χ2n) is 6.41. The molecule has 0 spiro atoms. The lowest BCUT2D eigenvalue weighted by atomic mass is 10.1. The fourth-order valence-electron chi connectivity index (χ4n) is 2.15. The van der Waals surface area contributed by atoms with Crippen molar-refractivity contribution in [1.82, 2.24) is 14.5 Å². The summed E-state index contributed by atoms with van der Waals surface area (Å²) in [6, 6.07) is 0.294. The maximum Gasteiger partial charge on any atom is 0.410 e. The molecule has 1 fully saturated rings. The van der Waals surface area contributed by atoms with Crippen molar-refractivity contribution in [2.24, 2.45) is 7.05 Å². The van der Waals surface area contributed by atoms with Crippen molar-refractivity contribution in [1.29, 1.82) is 0 Å². The summed E-state index contributed by atoms with van der Waals surface area (Å²) >= 11 is 0. The first-order valence-corrected chi connectivity index (χ1v) is 6.88. The van der Waals surface area contributed by atoms with Crippen LogP contribution in [0.3, 0.4) is 0 Å². The van der Waals surface area contributed by atoms with E-state index in [2.05, 4.69) is 14.5 Å². The van der Waals surface area contributed by atoms with Gasteiger partial charge in [-0.2, -0.15) is 0 Å². The van der Waals surface area contributed by atoms with Crippen LogP contribution in [-0.2, 0) is 11.8 Å². The number of aromatic nitrogens is 2. The third-order valence-electron chi connectivity index (χ3n) is 3.57. The summed E-state index contributed by atoms with van der Waals surface area (Å²) in [6.07, 6.45) is 1.62. The molecule has 112 valence electrons. The summed E-state index contributed by atoms with van der Waals surface area (Å²) in [5.74, 6) is 0.927. The summed E-state index contributed by atoms with van der Waals surface area (Å²) in [5, 5.41) is 0. The van der Waals surface area contributed by atoms with Crippen LogP contribution in [0, 0.1) is 6.92 Å². The fourth-order valence-corrected chi connectivity index (χ4v) is 2.15. The van der Waals surface area contributed by atoms with Crippen molar-refractivity contribution in [2.75, 3.05) is 25.0 Å². The first-order chi connectivity index (χ1) is 9.19. The fraction of sp³-hybridized carbons (Fsp3) is 0.714. The van der Waals surface area contributed by atoms with E-state index < -0.39 is 5.60 Å². The Balaban J connectivity index is 1.90. The van der Waals surface area contributed by atoms with E-state index in [1.165, 1.54) is 0 Å². The van der Waals surface area contributed by atoms with Crippen LogP contribution in [0.25, 0.3) is 0 Å². The molecule has 0 N–H and O–H groups in total. The molecule has 1 aromatic rings. The van der Waals surface area contributed by atoms with E-state index in [1.54, 1.807) is 4.90 Å². The second kappa shape index (κ2) is 5.00. The van der Waals surface area contributed by atoms with Gasteiger partial charge in [-0.1, -0.05) is 0 Å².